The second kappa shape index (κ2) is 14.2. The summed E-state index contributed by atoms with van der Waals surface area (Å²) in [5, 5.41) is 10.5. The molecule has 1 N–H and O–H groups in total. The average Bonchev–Trinajstić information content (AvgIpc) is 2.62. The van der Waals surface area contributed by atoms with Crippen LogP contribution in [-0.2, 0) is 6.42 Å². The molecule has 0 aliphatic carbocycles. The highest BCUT2D eigenvalue weighted by molar-refractivity contribution is 5.41. The van der Waals surface area contributed by atoms with Gasteiger partial charge in [-0.2, -0.15) is 0 Å². The van der Waals surface area contributed by atoms with Crippen molar-refractivity contribution in [2.75, 3.05) is 0 Å². The minimum absolute atomic E-state index is 0.528. The third-order valence-corrected chi connectivity index (χ3v) is 5.45. The smallest absolute Gasteiger partial charge is 0.119 e. The summed E-state index contributed by atoms with van der Waals surface area (Å²) in [6.45, 7) is 6.83. The predicted octanol–water partition coefficient (Wildman–Crippen LogP) is 8.15. The van der Waals surface area contributed by atoms with Crippen LogP contribution in [0.25, 0.3) is 0 Å². The van der Waals surface area contributed by atoms with E-state index in [9.17, 15) is 5.11 Å². The van der Waals surface area contributed by atoms with Gasteiger partial charge in [-0.25, -0.2) is 0 Å². The zero-order valence-corrected chi connectivity index (χ0v) is 17.2. The lowest BCUT2D eigenvalue weighted by atomic mass is 9.84. The molecular weight excluding hydrogens is 304 g/mol. The second-order valence-electron chi connectivity index (χ2n) is 7.70. The van der Waals surface area contributed by atoms with Crippen LogP contribution in [0, 0.1) is 0 Å². The summed E-state index contributed by atoms with van der Waals surface area (Å²) in [5.74, 6) is 1.16. The van der Waals surface area contributed by atoms with Crippen LogP contribution in [0.5, 0.6) is 5.75 Å². The summed E-state index contributed by atoms with van der Waals surface area (Å²) in [5.41, 5.74) is 2.68. The lowest BCUT2D eigenvalue weighted by Crippen LogP contribution is -2.04. The van der Waals surface area contributed by atoms with Gasteiger partial charge in [-0.15, -0.1) is 0 Å². The van der Waals surface area contributed by atoms with Crippen LogP contribution in [0.2, 0.25) is 0 Å². The lowest BCUT2D eigenvalue weighted by Gasteiger charge is -2.21. The Bertz CT molecular complexity index is 438. The molecule has 25 heavy (non-hydrogen) atoms. The predicted molar refractivity (Wildman–Crippen MR) is 112 cm³/mol. The van der Waals surface area contributed by atoms with Crippen molar-refractivity contribution in [3.8, 4) is 5.75 Å². The van der Waals surface area contributed by atoms with Crippen molar-refractivity contribution in [3.63, 3.8) is 0 Å². The first kappa shape index (κ1) is 22.1. The Kier molecular flexibility index (Phi) is 12.5. The minimum Gasteiger partial charge on any atom is -0.508 e. The molecule has 1 atom stereocenters. The number of unbranched alkanes of at least 4 members (excludes halogenated alkanes) is 8. The summed E-state index contributed by atoms with van der Waals surface area (Å²) < 4.78 is 0. The molecule has 0 aromatic heterocycles. The number of phenols is 1. The van der Waals surface area contributed by atoms with Crippen molar-refractivity contribution in [1.29, 1.82) is 0 Å². The van der Waals surface area contributed by atoms with E-state index in [1.54, 1.807) is 0 Å². The summed E-state index contributed by atoms with van der Waals surface area (Å²) in [4.78, 5) is 0. The van der Waals surface area contributed by atoms with Gasteiger partial charge in [0.05, 0.1) is 0 Å². The maximum atomic E-state index is 10.5. The van der Waals surface area contributed by atoms with E-state index >= 15 is 0 Å². The average molecular weight is 347 g/mol. The van der Waals surface area contributed by atoms with Gasteiger partial charge in [0, 0.05) is 0 Å². The molecule has 1 aromatic carbocycles. The molecule has 1 nitrogen and oxygen atoms in total. The van der Waals surface area contributed by atoms with Gasteiger partial charge in [0.15, 0.2) is 0 Å². The molecule has 0 amide bonds. The highest BCUT2D eigenvalue weighted by Crippen LogP contribution is 2.34. The molecular formula is C24H42O. The fourth-order valence-corrected chi connectivity index (χ4v) is 3.95. The molecule has 0 heterocycles. The Hall–Kier alpha value is -0.980. The maximum absolute atomic E-state index is 10.5. The summed E-state index contributed by atoms with van der Waals surface area (Å²) in [6, 6.07) is 6.21. The number of phenolic OH excluding ortho intramolecular Hbond substituents is 1. The summed E-state index contributed by atoms with van der Waals surface area (Å²) >= 11 is 0. The van der Waals surface area contributed by atoms with Gasteiger partial charge < -0.3 is 5.11 Å². The molecule has 1 unspecified atom stereocenters. The van der Waals surface area contributed by atoms with Crippen molar-refractivity contribution < 1.29 is 5.11 Å². The van der Waals surface area contributed by atoms with E-state index < -0.39 is 0 Å². The van der Waals surface area contributed by atoms with Gasteiger partial charge in [-0.1, -0.05) is 97.1 Å². The largest absolute Gasteiger partial charge is 0.508 e. The third-order valence-electron chi connectivity index (χ3n) is 5.45. The Morgan fingerprint density at radius 2 is 1.36 bits per heavy atom. The Morgan fingerprint density at radius 1 is 0.720 bits per heavy atom. The molecule has 0 saturated carbocycles. The molecule has 144 valence electrons. The van der Waals surface area contributed by atoms with E-state index in [2.05, 4.69) is 26.8 Å². The molecule has 0 aliphatic heterocycles. The van der Waals surface area contributed by atoms with Crippen LogP contribution >= 0.6 is 0 Å². The van der Waals surface area contributed by atoms with Crippen molar-refractivity contribution >= 4 is 0 Å². The Morgan fingerprint density at radius 3 is 2.04 bits per heavy atom. The first-order valence-electron chi connectivity index (χ1n) is 11.0. The normalized spacial score (nSPS) is 12.4. The van der Waals surface area contributed by atoms with E-state index in [0.717, 1.165) is 6.42 Å². The zero-order chi connectivity index (χ0) is 18.3. The van der Waals surface area contributed by atoms with E-state index in [1.807, 2.05) is 12.1 Å². The van der Waals surface area contributed by atoms with Crippen molar-refractivity contribution in [2.24, 2.45) is 0 Å². The highest BCUT2D eigenvalue weighted by atomic mass is 16.3. The van der Waals surface area contributed by atoms with Gasteiger partial charge in [0.2, 0.25) is 0 Å². The number of rotatable bonds is 15. The van der Waals surface area contributed by atoms with Crippen LogP contribution in [0.1, 0.15) is 121 Å². The number of hydrogen-bond acceptors (Lipinski definition) is 1. The molecule has 1 aromatic rings. The highest BCUT2D eigenvalue weighted by Gasteiger charge is 2.16. The topological polar surface area (TPSA) is 20.2 Å². The van der Waals surface area contributed by atoms with Crippen LogP contribution in [-0.4, -0.2) is 5.11 Å². The molecule has 0 bridgehead atoms. The summed E-state index contributed by atoms with van der Waals surface area (Å²) in [6.07, 6.45) is 18.0. The number of benzene rings is 1. The fraction of sp³-hybridized carbons (Fsp3) is 0.750. The second-order valence-corrected chi connectivity index (χ2v) is 7.70. The van der Waals surface area contributed by atoms with Crippen LogP contribution in [0.15, 0.2) is 18.2 Å². The van der Waals surface area contributed by atoms with E-state index in [-0.39, 0.29) is 0 Å². The van der Waals surface area contributed by atoms with Gasteiger partial charge in [-0.3, -0.25) is 0 Å². The van der Waals surface area contributed by atoms with Crippen LogP contribution in [0.4, 0.5) is 0 Å². The molecule has 0 fully saturated rings. The van der Waals surface area contributed by atoms with Crippen molar-refractivity contribution in [2.45, 2.75) is 117 Å². The van der Waals surface area contributed by atoms with Gasteiger partial charge >= 0.3 is 0 Å². The standard InChI is InChI=1S/C24H42O/c1-4-7-9-11-12-14-18-23-22(19-15-20-24(23)25)21(16-6-3)17-13-10-8-5-2/h15,19-21,25H,4-14,16-18H2,1-3H3. The SMILES string of the molecule is CCCCCCCCc1c(O)cccc1C(CCC)CCCCCC. The number of aromatic hydroxyl groups is 1. The Balaban J connectivity index is 2.66. The van der Waals surface area contributed by atoms with E-state index in [1.165, 1.54) is 94.6 Å². The first-order valence-corrected chi connectivity index (χ1v) is 11.0. The molecule has 0 saturated heterocycles. The number of hydrogen-bond donors (Lipinski definition) is 1. The van der Waals surface area contributed by atoms with Gasteiger partial charge in [-0.05, 0) is 48.8 Å². The maximum Gasteiger partial charge on any atom is 0.119 e. The van der Waals surface area contributed by atoms with Gasteiger partial charge in [0.25, 0.3) is 0 Å². The van der Waals surface area contributed by atoms with Crippen molar-refractivity contribution in [3.05, 3.63) is 29.3 Å². The van der Waals surface area contributed by atoms with Crippen molar-refractivity contribution in [1.82, 2.24) is 0 Å². The molecule has 0 radical (unpaired) electrons. The lowest BCUT2D eigenvalue weighted by molar-refractivity contribution is 0.458. The monoisotopic (exact) mass is 346 g/mol. The molecule has 1 heteroatoms. The fourth-order valence-electron chi connectivity index (χ4n) is 3.95. The zero-order valence-electron chi connectivity index (χ0n) is 17.2. The molecule has 1 rings (SSSR count). The van der Waals surface area contributed by atoms with Crippen LogP contribution in [0.3, 0.4) is 0 Å². The summed E-state index contributed by atoms with van der Waals surface area (Å²) in [7, 11) is 0. The minimum atomic E-state index is 0.528. The third kappa shape index (κ3) is 8.79. The Labute approximate surface area is 157 Å². The quantitative estimate of drug-likeness (QED) is 0.318. The van der Waals surface area contributed by atoms with E-state index in [4.69, 9.17) is 0 Å². The van der Waals surface area contributed by atoms with Crippen LogP contribution < -0.4 is 0 Å². The molecule has 0 spiro atoms. The first-order chi connectivity index (χ1) is 12.2. The molecule has 0 aliphatic rings. The van der Waals surface area contributed by atoms with Gasteiger partial charge in [0.1, 0.15) is 5.75 Å². The van der Waals surface area contributed by atoms with E-state index in [0.29, 0.717) is 11.7 Å².